The largest absolute Gasteiger partial charge is 0.394 e. The SMILES string of the molecule is CC[C@@]1(n2ccc(N)nc2=S)O[C@H](CO)[C@@H](O)[C@H]1O. The first-order valence-electron chi connectivity index (χ1n) is 5.96. The summed E-state index contributed by atoms with van der Waals surface area (Å²) in [7, 11) is 0. The highest BCUT2D eigenvalue weighted by Gasteiger charge is 2.54. The number of rotatable bonds is 3. The Kier molecular flexibility index (Phi) is 3.88. The van der Waals surface area contributed by atoms with Gasteiger partial charge in [-0.15, -0.1) is 0 Å². The summed E-state index contributed by atoms with van der Waals surface area (Å²) in [6.45, 7) is 1.39. The summed E-state index contributed by atoms with van der Waals surface area (Å²) in [6.07, 6.45) is -1.36. The van der Waals surface area contributed by atoms with Crippen LogP contribution in [0.15, 0.2) is 12.3 Å². The van der Waals surface area contributed by atoms with Gasteiger partial charge in [-0.25, -0.2) is 4.98 Å². The van der Waals surface area contributed by atoms with E-state index in [1.165, 1.54) is 10.6 Å². The topological polar surface area (TPSA) is 114 Å². The number of aliphatic hydroxyl groups excluding tert-OH is 3. The molecular formula is C11H17N3O4S. The molecule has 0 radical (unpaired) electrons. The van der Waals surface area contributed by atoms with Crippen molar-refractivity contribution >= 4 is 18.0 Å². The number of anilines is 1. The first-order chi connectivity index (χ1) is 8.96. The Balaban J connectivity index is 2.52. The highest BCUT2D eigenvalue weighted by atomic mass is 32.1. The first-order valence-corrected chi connectivity index (χ1v) is 6.37. The van der Waals surface area contributed by atoms with Crippen LogP contribution in [0.1, 0.15) is 13.3 Å². The zero-order chi connectivity index (χ0) is 14.2. The second-order valence-electron chi connectivity index (χ2n) is 4.48. The van der Waals surface area contributed by atoms with Gasteiger partial charge in [-0.05, 0) is 24.7 Å². The number of nitrogen functional groups attached to an aromatic ring is 1. The lowest BCUT2D eigenvalue weighted by molar-refractivity contribution is -0.151. The van der Waals surface area contributed by atoms with Crippen molar-refractivity contribution in [2.24, 2.45) is 0 Å². The van der Waals surface area contributed by atoms with E-state index in [4.69, 9.17) is 22.7 Å². The van der Waals surface area contributed by atoms with Crippen molar-refractivity contribution in [2.45, 2.75) is 37.4 Å². The molecule has 1 aromatic heterocycles. The number of nitrogens with two attached hydrogens (primary N) is 1. The van der Waals surface area contributed by atoms with Gasteiger partial charge in [0.1, 0.15) is 24.1 Å². The van der Waals surface area contributed by atoms with Gasteiger partial charge >= 0.3 is 0 Å². The summed E-state index contributed by atoms with van der Waals surface area (Å²) in [4.78, 5) is 3.94. The van der Waals surface area contributed by atoms with Crippen LogP contribution in [-0.2, 0) is 10.5 Å². The minimum absolute atomic E-state index is 0.145. The maximum atomic E-state index is 10.2. The van der Waals surface area contributed by atoms with Crippen LogP contribution in [0, 0.1) is 4.77 Å². The molecule has 7 nitrogen and oxygen atoms in total. The predicted octanol–water partition coefficient (Wildman–Crippen LogP) is -0.630. The minimum Gasteiger partial charge on any atom is -0.394 e. The zero-order valence-electron chi connectivity index (χ0n) is 10.4. The van der Waals surface area contributed by atoms with Crippen molar-refractivity contribution in [3.05, 3.63) is 17.0 Å². The van der Waals surface area contributed by atoms with Gasteiger partial charge in [0, 0.05) is 6.20 Å². The number of hydrogen-bond donors (Lipinski definition) is 4. The fourth-order valence-corrected chi connectivity index (χ4v) is 2.70. The van der Waals surface area contributed by atoms with Crippen molar-refractivity contribution in [2.75, 3.05) is 12.3 Å². The zero-order valence-corrected chi connectivity index (χ0v) is 11.2. The molecule has 0 bridgehead atoms. The summed E-state index contributed by atoms with van der Waals surface area (Å²) in [5, 5.41) is 29.3. The van der Waals surface area contributed by atoms with Crippen molar-refractivity contribution in [1.29, 1.82) is 0 Å². The normalized spacial score (nSPS) is 34.6. The molecule has 4 atom stereocenters. The molecule has 8 heteroatoms. The van der Waals surface area contributed by atoms with E-state index in [0.717, 1.165) is 0 Å². The average Bonchev–Trinajstić information content (AvgIpc) is 2.64. The molecule has 0 amide bonds. The molecule has 2 rings (SSSR count). The molecule has 1 aliphatic heterocycles. The number of nitrogens with zero attached hydrogens (tertiary/aromatic N) is 2. The van der Waals surface area contributed by atoms with Crippen molar-refractivity contribution in [3.63, 3.8) is 0 Å². The standard InChI is InChI=1S/C11H17N3O4S/c1-2-11(9(17)8(16)6(5-15)18-11)14-4-3-7(12)13-10(14)19/h3-4,6,8-9,15-17H,2,5H2,1H3,(H2,12,13,19)/t6-,8-,9-,11-/m1/s1. The highest BCUT2D eigenvalue weighted by Crippen LogP contribution is 2.38. The van der Waals surface area contributed by atoms with Crippen LogP contribution in [0.3, 0.4) is 0 Å². The summed E-state index contributed by atoms with van der Waals surface area (Å²) in [5.41, 5.74) is 4.30. The molecule has 1 fully saturated rings. The number of hydrogen-bond acceptors (Lipinski definition) is 7. The highest BCUT2D eigenvalue weighted by molar-refractivity contribution is 7.71. The molecule has 2 heterocycles. The van der Waals surface area contributed by atoms with Gasteiger partial charge in [0.25, 0.3) is 0 Å². The van der Waals surface area contributed by atoms with E-state index >= 15 is 0 Å². The fourth-order valence-electron chi connectivity index (χ4n) is 2.38. The van der Waals surface area contributed by atoms with E-state index in [1.807, 2.05) is 0 Å². The smallest absolute Gasteiger partial charge is 0.203 e. The second-order valence-corrected chi connectivity index (χ2v) is 4.84. The third-order valence-electron chi connectivity index (χ3n) is 3.44. The third kappa shape index (κ3) is 2.15. The van der Waals surface area contributed by atoms with Crippen LogP contribution in [0.4, 0.5) is 5.82 Å². The van der Waals surface area contributed by atoms with E-state index < -0.39 is 30.6 Å². The quantitative estimate of drug-likeness (QED) is 0.547. The fraction of sp³-hybridized carbons (Fsp3) is 0.636. The average molecular weight is 287 g/mol. The molecule has 0 unspecified atom stereocenters. The van der Waals surface area contributed by atoms with Gasteiger partial charge in [0.2, 0.25) is 4.77 Å². The predicted molar refractivity (Wildman–Crippen MR) is 69.7 cm³/mol. The Hall–Kier alpha value is -1.06. The molecular weight excluding hydrogens is 270 g/mol. The van der Waals surface area contributed by atoms with E-state index in [1.54, 1.807) is 13.1 Å². The summed E-state index contributed by atoms with van der Waals surface area (Å²) in [5.74, 6) is 0.263. The number of aliphatic hydroxyl groups is 3. The van der Waals surface area contributed by atoms with Gasteiger partial charge < -0.3 is 25.8 Å². The lowest BCUT2D eigenvalue weighted by Gasteiger charge is -2.33. The molecule has 0 aliphatic carbocycles. The monoisotopic (exact) mass is 287 g/mol. The van der Waals surface area contributed by atoms with Crippen LogP contribution in [-0.4, -0.2) is 49.8 Å². The van der Waals surface area contributed by atoms with E-state index in [0.29, 0.717) is 6.42 Å². The molecule has 1 saturated heterocycles. The van der Waals surface area contributed by atoms with Gasteiger partial charge in [-0.1, -0.05) is 6.92 Å². The Morgan fingerprint density at radius 3 is 2.74 bits per heavy atom. The van der Waals surface area contributed by atoms with E-state index in [-0.39, 0.29) is 10.6 Å². The molecule has 1 aliphatic rings. The molecule has 19 heavy (non-hydrogen) atoms. The molecule has 106 valence electrons. The third-order valence-corrected chi connectivity index (χ3v) is 3.73. The molecule has 0 spiro atoms. The van der Waals surface area contributed by atoms with Crippen molar-refractivity contribution in [1.82, 2.24) is 9.55 Å². The summed E-state index contributed by atoms with van der Waals surface area (Å²) >= 11 is 5.12. The lowest BCUT2D eigenvalue weighted by Crippen LogP contribution is -2.45. The van der Waals surface area contributed by atoms with Crippen LogP contribution >= 0.6 is 12.2 Å². The van der Waals surface area contributed by atoms with Crippen LogP contribution in [0.2, 0.25) is 0 Å². The number of ether oxygens (including phenoxy) is 1. The van der Waals surface area contributed by atoms with E-state index in [9.17, 15) is 15.3 Å². The number of aromatic nitrogens is 2. The minimum atomic E-state index is -1.25. The molecule has 5 N–H and O–H groups in total. The van der Waals surface area contributed by atoms with Gasteiger partial charge in [0.05, 0.1) is 6.61 Å². The van der Waals surface area contributed by atoms with Crippen LogP contribution < -0.4 is 5.73 Å². The first kappa shape index (κ1) is 14.4. The molecule has 0 saturated carbocycles. The Morgan fingerprint density at radius 2 is 2.26 bits per heavy atom. The maximum Gasteiger partial charge on any atom is 0.203 e. The lowest BCUT2D eigenvalue weighted by atomic mass is 10.00. The van der Waals surface area contributed by atoms with Crippen molar-refractivity contribution in [3.8, 4) is 0 Å². The molecule has 0 aromatic carbocycles. The Bertz CT molecular complexity index is 523. The summed E-state index contributed by atoms with van der Waals surface area (Å²) < 4.78 is 7.25. The van der Waals surface area contributed by atoms with Crippen LogP contribution in [0.5, 0.6) is 0 Å². The van der Waals surface area contributed by atoms with E-state index in [2.05, 4.69) is 4.98 Å². The Morgan fingerprint density at radius 1 is 1.58 bits per heavy atom. The van der Waals surface area contributed by atoms with Gasteiger partial charge in [-0.2, -0.15) is 0 Å². The second kappa shape index (κ2) is 5.14. The van der Waals surface area contributed by atoms with Gasteiger partial charge in [-0.3, -0.25) is 4.57 Å². The molecule has 1 aromatic rings. The van der Waals surface area contributed by atoms with Crippen LogP contribution in [0.25, 0.3) is 0 Å². The Labute approximate surface area is 115 Å². The van der Waals surface area contributed by atoms with Gasteiger partial charge in [0.15, 0.2) is 5.72 Å². The van der Waals surface area contributed by atoms with Crippen molar-refractivity contribution < 1.29 is 20.1 Å². The maximum absolute atomic E-state index is 10.2. The summed E-state index contributed by atoms with van der Waals surface area (Å²) in [6, 6.07) is 1.53.